The smallest absolute Gasteiger partial charge is 0.137 e. The molecule has 0 spiro atoms. The standard InChI is InChI=1S/C10H18N2O2/c1-10(2,14-4)7-8(13)9-11-5-6-12(9)3/h5-6,8,13H,7H2,1-4H3. The van der Waals surface area contributed by atoms with Gasteiger partial charge in [0.25, 0.3) is 0 Å². The van der Waals surface area contributed by atoms with Crippen LogP contribution in [0.1, 0.15) is 32.2 Å². The quantitative estimate of drug-likeness (QED) is 0.792. The van der Waals surface area contributed by atoms with E-state index in [4.69, 9.17) is 4.74 Å². The van der Waals surface area contributed by atoms with Gasteiger partial charge in [0.1, 0.15) is 11.9 Å². The Hall–Kier alpha value is -0.870. The molecule has 0 amide bonds. The van der Waals surface area contributed by atoms with Crippen LogP contribution in [0.15, 0.2) is 12.4 Å². The van der Waals surface area contributed by atoms with E-state index in [1.807, 2.05) is 31.7 Å². The first-order chi connectivity index (χ1) is 6.46. The van der Waals surface area contributed by atoms with Gasteiger partial charge in [0.05, 0.1) is 5.60 Å². The number of ether oxygens (including phenoxy) is 1. The van der Waals surface area contributed by atoms with Gasteiger partial charge in [-0.1, -0.05) is 0 Å². The van der Waals surface area contributed by atoms with Crippen molar-refractivity contribution in [2.24, 2.45) is 7.05 Å². The number of methoxy groups -OCH3 is 1. The third-order valence-electron chi connectivity index (χ3n) is 2.39. The van der Waals surface area contributed by atoms with Crippen molar-refractivity contribution in [2.75, 3.05) is 7.11 Å². The molecule has 0 saturated carbocycles. The van der Waals surface area contributed by atoms with Gasteiger partial charge in [-0.2, -0.15) is 0 Å². The second kappa shape index (κ2) is 4.11. The molecule has 1 atom stereocenters. The predicted octanol–water partition coefficient (Wildman–Crippen LogP) is 1.27. The predicted molar refractivity (Wildman–Crippen MR) is 53.9 cm³/mol. The molecule has 0 aliphatic heterocycles. The topological polar surface area (TPSA) is 47.3 Å². The molecule has 4 nitrogen and oxygen atoms in total. The highest BCUT2D eigenvalue weighted by molar-refractivity contribution is 4.97. The molecule has 80 valence electrons. The summed E-state index contributed by atoms with van der Waals surface area (Å²) in [5, 5.41) is 9.89. The number of hydrogen-bond acceptors (Lipinski definition) is 3. The van der Waals surface area contributed by atoms with E-state index in [2.05, 4.69) is 4.98 Å². The summed E-state index contributed by atoms with van der Waals surface area (Å²) in [7, 11) is 3.51. The van der Waals surface area contributed by atoms with Crippen LogP contribution in [0.4, 0.5) is 0 Å². The van der Waals surface area contributed by atoms with Crippen molar-refractivity contribution in [3.05, 3.63) is 18.2 Å². The maximum absolute atomic E-state index is 9.89. The number of aliphatic hydroxyl groups is 1. The summed E-state index contributed by atoms with van der Waals surface area (Å²) in [5.41, 5.74) is -0.328. The molecular formula is C10H18N2O2. The van der Waals surface area contributed by atoms with Gasteiger partial charge in [-0.15, -0.1) is 0 Å². The lowest BCUT2D eigenvalue weighted by atomic mass is 10.0. The molecule has 0 bridgehead atoms. The van der Waals surface area contributed by atoms with Crippen LogP contribution in [-0.2, 0) is 11.8 Å². The fourth-order valence-corrected chi connectivity index (χ4v) is 1.34. The number of rotatable bonds is 4. The van der Waals surface area contributed by atoms with Crippen molar-refractivity contribution in [3.8, 4) is 0 Å². The summed E-state index contributed by atoms with van der Waals surface area (Å²) >= 11 is 0. The van der Waals surface area contributed by atoms with E-state index < -0.39 is 6.10 Å². The number of aliphatic hydroxyl groups excluding tert-OH is 1. The Bertz CT molecular complexity index is 294. The van der Waals surface area contributed by atoms with Crippen LogP contribution in [0.2, 0.25) is 0 Å². The summed E-state index contributed by atoms with van der Waals surface area (Å²) in [6, 6.07) is 0. The fraction of sp³-hybridized carbons (Fsp3) is 0.700. The zero-order chi connectivity index (χ0) is 10.8. The Kier molecular flexibility index (Phi) is 3.29. The molecule has 14 heavy (non-hydrogen) atoms. The van der Waals surface area contributed by atoms with Gasteiger partial charge in [0.2, 0.25) is 0 Å². The number of aryl methyl sites for hydroxylation is 1. The average molecular weight is 198 g/mol. The van der Waals surface area contributed by atoms with Gasteiger partial charge in [-0.3, -0.25) is 0 Å². The van der Waals surface area contributed by atoms with Crippen LogP contribution in [0.5, 0.6) is 0 Å². The van der Waals surface area contributed by atoms with Gasteiger partial charge in [0, 0.05) is 33.0 Å². The summed E-state index contributed by atoms with van der Waals surface area (Å²) in [4.78, 5) is 4.09. The molecule has 0 radical (unpaired) electrons. The number of imidazole rings is 1. The molecule has 0 aromatic carbocycles. The Morgan fingerprint density at radius 1 is 1.64 bits per heavy atom. The fourth-order valence-electron chi connectivity index (χ4n) is 1.34. The molecule has 1 unspecified atom stereocenters. The van der Waals surface area contributed by atoms with Crippen LogP contribution in [0, 0.1) is 0 Å². The minimum Gasteiger partial charge on any atom is -0.385 e. The first-order valence-electron chi connectivity index (χ1n) is 4.67. The molecule has 0 aliphatic carbocycles. The molecule has 1 heterocycles. The molecule has 0 fully saturated rings. The van der Waals surface area contributed by atoms with E-state index in [9.17, 15) is 5.11 Å². The second-order valence-electron chi connectivity index (χ2n) is 4.08. The molecule has 1 aromatic heterocycles. The highest BCUT2D eigenvalue weighted by atomic mass is 16.5. The van der Waals surface area contributed by atoms with Gasteiger partial charge in [-0.05, 0) is 13.8 Å². The number of aromatic nitrogens is 2. The minimum absolute atomic E-state index is 0.328. The molecule has 1 N–H and O–H groups in total. The Labute approximate surface area is 84.5 Å². The number of hydrogen-bond donors (Lipinski definition) is 1. The van der Waals surface area contributed by atoms with E-state index in [0.717, 1.165) is 0 Å². The average Bonchev–Trinajstić information content (AvgIpc) is 2.51. The Morgan fingerprint density at radius 2 is 2.29 bits per heavy atom. The summed E-state index contributed by atoms with van der Waals surface area (Å²) < 4.78 is 7.07. The van der Waals surface area contributed by atoms with Crippen molar-refractivity contribution in [2.45, 2.75) is 32.0 Å². The third kappa shape index (κ3) is 2.56. The molecule has 0 aliphatic rings. The zero-order valence-electron chi connectivity index (χ0n) is 9.19. The van der Waals surface area contributed by atoms with Crippen molar-refractivity contribution in [1.82, 2.24) is 9.55 Å². The first-order valence-corrected chi connectivity index (χ1v) is 4.67. The van der Waals surface area contributed by atoms with Gasteiger partial charge in [-0.25, -0.2) is 4.98 Å². The third-order valence-corrected chi connectivity index (χ3v) is 2.39. The largest absolute Gasteiger partial charge is 0.385 e. The van der Waals surface area contributed by atoms with E-state index >= 15 is 0 Å². The molecular weight excluding hydrogens is 180 g/mol. The lowest BCUT2D eigenvalue weighted by Crippen LogP contribution is -2.26. The van der Waals surface area contributed by atoms with Crippen molar-refractivity contribution in [3.63, 3.8) is 0 Å². The van der Waals surface area contributed by atoms with Crippen molar-refractivity contribution < 1.29 is 9.84 Å². The van der Waals surface area contributed by atoms with E-state index in [-0.39, 0.29) is 5.60 Å². The second-order valence-corrected chi connectivity index (χ2v) is 4.08. The molecule has 0 saturated heterocycles. The van der Waals surface area contributed by atoms with Crippen molar-refractivity contribution in [1.29, 1.82) is 0 Å². The molecule has 1 aromatic rings. The first kappa shape index (κ1) is 11.2. The van der Waals surface area contributed by atoms with Crippen molar-refractivity contribution >= 4 is 0 Å². The van der Waals surface area contributed by atoms with Gasteiger partial charge in [0.15, 0.2) is 0 Å². The van der Waals surface area contributed by atoms with Crippen LogP contribution < -0.4 is 0 Å². The zero-order valence-corrected chi connectivity index (χ0v) is 9.19. The SMILES string of the molecule is COC(C)(C)CC(O)c1nccn1C. The van der Waals surface area contributed by atoms with E-state index in [1.54, 1.807) is 13.3 Å². The van der Waals surface area contributed by atoms with Crippen LogP contribution >= 0.6 is 0 Å². The summed E-state index contributed by atoms with van der Waals surface area (Å²) in [6.07, 6.45) is 3.45. The summed E-state index contributed by atoms with van der Waals surface area (Å²) in [6.45, 7) is 3.89. The molecule has 4 heteroatoms. The number of nitrogens with zero attached hydrogens (tertiary/aromatic N) is 2. The van der Waals surface area contributed by atoms with E-state index in [0.29, 0.717) is 12.2 Å². The maximum atomic E-state index is 9.89. The monoisotopic (exact) mass is 198 g/mol. The summed E-state index contributed by atoms with van der Waals surface area (Å²) in [5.74, 6) is 0.676. The molecule has 1 rings (SSSR count). The lowest BCUT2D eigenvalue weighted by Gasteiger charge is -2.25. The minimum atomic E-state index is -0.579. The van der Waals surface area contributed by atoms with E-state index in [1.165, 1.54) is 0 Å². The maximum Gasteiger partial charge on any atom is 0.137 e. The lowest BCUT2D eigenvalue weighted by molar-refractivity contribution is -0.0226. The van der Waals surface area contributed by atoms with Crippen LogP contribution in [0.3, 0.4) is 0 Å². The Balaban J connectivity index is 2.68. The normalized spacial score (nSPS) is 14.4. The highest BCUT2D eigenvalue weighted by Gasteiger charge is 2.24. The van der Waals surface area contributed by atoms with Gasteiger partial charge >= 0.3 is 0 Å². The van der Waals surface area contributed by atoms with Gasteiger partial charge < -0.3 is 14.4 Å². The highest BCUT2D eigenvalue weighted by Crippen LogP contribution is 2.24. The van der Waals surface area contributed by atoms with Crippen LogP contribution in [0.25, 0.3) is 0 Å². The van der Waals surface area contributed by atoms with Crippen LogP contribution in [-0.4, -0.2) is 27.4 Å². The Morgan fingerprint density at radius 3 is 2.71 bits per heavy atom.